The molecule has 0 aliphatic rings. The maximum atomic E-state index is 12.1. The van der Waals surface area contributed by atoms with E-state index in [0.29, 0.717) is 0 Å². The number of hydrogen-bond donors (Lipinski definition) is 3. The highest BCUT2D eigenvalue weighted by Gasteiger charge is 2.23. The molecule has 0 fully saturated rings. The van der Waals surface area contributed by atoms with Gasteiger partial charge in [0.1, 0.15) is 0 Å². The quantitative estimate of drug-likeness (QED) is 0.458. The van der Waals surface area contributed by atoms with Crippen LogP contribution in [0.4, 0.5) is 4.79 Å². The summed E-state index contributed by atoms with van der Waals surface area (Å²) in [5.74, 6) is -1.62. The number of urea groups is 1. The molecule has 0 heterocycles. The second-order valence-corrected chi connectivity index (χ2v) is 8.67. The Balaban J connectivity index is 2.70. The van der Waals surface area contributed by atoms with E-state index in [1.165, 1.54) is 37.3 Å². The van der Waals surface area contributed by atoms with Crippen molar-refractivity contribution in [3.63, 3.8) is 0 Å². The number of hydrogen-bond acceptors (Lipinski definition) is 6. The predicted octanol–water partition coefficient (Wildman–Crippen LogP) is 1.32. The first-order chi connectivity index (χ1) is 12.9. The summed E-state index contributed by atoms with van der Waals surface area (Å²) < 4.78 is 31.3. The first kappa shape index (κ1) is 23.3. The summed E-state index contributed by atoms with van der Waals surface area (Å²) in [4.78, 5) is 35.7. The van der Waals surface area contributed by atoms with Crippen molar-refractivity contribution in [3.05, 3.63) is 42.5 Å². The van der Waals surface area contributed by atoms with Gasteiger partial charge in [0.2, 0.25) is 10.0 Å². The number of carbonyl (C=O) groups is 3. The van der Waals surface area contributed by atoms with Crippen molar-refractivity contribution in [1.29, 1.82) is 0 Å². The molecule has 1 aromatic rings. The summed E-state index contributed by atoms with van der Waals surface area (Å²) >= 11 is 0. The molecule has 1 aromatic carbocycles. The highest BCUT2D eigenvalue weighted by molar-refractivity contribution is 7.89. The Morgan fingerprint density at radius 1 is 1.18 bits per heavy atom. The fraction of sp³-hybridized carbons (Fsp3) is 0.389. The minimum absolute atomic E-state index is 0.0319. The Morgan fingerprint density at radius 2 is 1.75 bits per heavy atom. The van der Waals surface area contributed by atoms with Gasteiger partial charge in [-0.15, -0.1) is 6.58 Å². The number of sulfonamides is 1. The van der Waals surface area contributed by atoms with Gasteiger partial charge >= 0.3 is 12.0 Å². The molecule has 0 aliphatic heterocycles. The summed E-state index contributed by atoms with van der Waals surface area (Å²) in [7, 11) is -3.71. The molecule has 0 aliphatic carbocycles. The molecule has 0 unspecified atom stereocenters. The lowest BCUT2D eigenvalue weighted by molar-refractivity contribution is -0.127. The molecule has 3 N–H and O–H groups in total. The van der Waals surface area contributed by atoms with Crippen LogP contribution in [-0.4, -0.2) is 44.5 Å². The maximum absolute atomic E-state index is 12.1. The maximum Gasteiger partial charge on any atom is 0.338 e. The summed E-state index contributed by atoms with van der Waals surface area (Å²) in [6, 6.07) is 4.30. The van der Waals surface area contributed by atoms with Gasteiger partial charge in [-0.2, -0.15) is 0 Å². The Kier molecular flexibility index (Phi) is 7.89. The number of nitrogens with one attached hydrogen (secondary N) is 3. The van der Waals surface area contributed by atoms with Crippen LogP contribution in [0.1, 0.15) is 38.1 Å². The monoisotopic (exact) mass is 411 g/mol. The van der Waals surface area contributed by atoms with Crippen molar-refractivity contribution in [1.82, 2.24) is 15.4 Å². The normalized spacial score (nSPS) is 12.6. The average molecular weight is 411 g/mol. The van der Waals surface area contributed by atoms with Gasteiger partial charge in [-0.05, 0) is 52.0 Å². The fourth-order valence-electron chi connectivity index (χ4n) is 1.89. The first-order valence-electron chi connectivity index (χ1n) is 8.40. The molecule has 1 rings (SSSR count). The fourth-order valence-corrected chi connectivity index (χ4v) is 2.89. The molecule has 0 saturated heterocycles. The van der Waals surface area contributed by atoms with E-state index in [1.807, 2.05) is 0 Å². The minimum atomic E-state index is -3.71. The summed E-state index contributed by atoms with van der Waals surface area (Å²) in [5.41, 5.74) is -0.478. The van der Waals surface area contributed by atoms with Crippen LogP contribution in [0.3, 0.4) is 0 Å². The SMILES string of the molecule is C=CCNS(=O)(=O)c1ccc(C(=O)O[C@H](C)C(=O)NC(=O)NC(C)(C)C)cc1. The highest BCUT2D eigenvalue weighted by Crippen LogP contribution is 2.12. The number of ether oxygens (including phenoxy) is 1. The van der Waals surface area contributed by atoms with Gasteiger partial charge in [0.15, 0.2) is 6.10 Å². The van der Waals surface area contributed by atoms with Gasteiger partial charge in [-0.25, -0.2) is 22.7 Å². The molecule has 9 nitrogen and oxygen atoms in total. The Hall–Kier alpha value is -2.72. The van der Waals surface area contributed by atoms with Crippen LogP contribution in [0, 0.1) is 0 Å². The van der Waals surface area contributed by atoms with Crippen LogP contribution in [0.5, 0.6) is 0 Å². The largest absolute Gasteiger partial charge is 0.449 e. The van der Waals surface area contributed by atoms with Crippen LogP contribution < -0.4 is 15.4 Å². The Bertz CT molecular complexity index is 841. The highest BCUT2D eigenvalue weighted by atomic mass is 32.2. The molecular formula is C18H25N3O6S. The molecule has 0 bridgehead atoms. The van der Waals surface area contributed by atoms with E-state index in [-0.39, 0.29) is 17.0 Å². The van der Waals surface area contributed by atoms with Crippen molar-refractivity contribution < 1.29 is 27.5 Å². The predicted molar refractivity (Wildman–Crippen MR) is 103 cm³/mol. The molecule has 0 saturated carbocycles. The molecule has 154 valence electrons. The van der Waals surface area contributed by atoms with Crippen LogP contribution in [-0.2, 0) is 19.6 Å². The first-order valence-corrected chi connectivity index (χ1v) is 9.88. The van der Waals surface area contributed by atoms with E-state index < -0.39 is 39.6 Å². The van der Waals surface area contributed by atoms with Crippen LogP contribution in [0.25, 0.3) is 0 Å². The van der Waals surface area contributed by atoms with Crippen molar-refractivity contribution in [3.8, 4) is 0 Å². The van der Waals surface area contributed by atoms with Crippen molar-refractivity contribution in [2.24, 2.45) is 0 Å². The van der Waals surface area contributed by atoms with E-state index in [2.05, 4.69) is 21.9 Å². The Morgan fingerprint density at radius 3 is 2.25 bits per heavy atom. The topological polar surface area (TPSA) is 131 Å². The van der Waals surface area contributed by atoms with Crippen LogP contribution in [0.15, 0.2) is 41.8 Å². The van der Waals surface area contributed by atoms with Gasteiger partial charge in [0.25, 0.3) is 5.91 Å². The minimum Gasteiger partial charge on any atom is -0.449 e. The van der Waals surface area contributed by atoms with E-state index in [4.69, 9.17) is 4.74 Å². The second kappa shape index (κ2) is 9.47. The Labute approximate surface area is 164 Å². The number of benzene rings is 1. The number of esters is 1. The molecule has 28 heavy (non-hydrogen) atoms. The molecule has 1 atom stereocenters. The zero-order valence-electron chi connectivity index (χ0n) is 16.2. The summed E-state index contributed by atoms with van der Waals surface area (Å²) in [6.07, 6.45) is 0.174. The third kappa shape index (κ3) is 7.49. The zero-order valence-corrected chi connectivity index (χ0v) is 17.1. The number of carbonyl (C=O) groups excluding carboxylic acids is 3. The van der Waals surface area contributed by atoms with Crippen molar-refractivity contribution in [2.45, 2.75) is 44.2 Å². The van der Waals surface area contributed by atoms with Gasteiger partial charge in [-0.1, -0.05) is 6.08 Å². The van der Waals surface area contributed by atoms with Crippen LogP contribution >= 0.6 is 0 Å². The molecule has 3 amide bonds. The number of amides is 3. The van der Waals surface area contributed by atoms with E-state index in [0.717, 1.165) is 0 Å². The second-order valence-electron chi connectivity index (χ2n) is 6.91. The van der Waals surface area contributed by atoms with Gasteiger partial charge in [0.05, 0.1) is 10.5 Å². The van der Waals surface area contributed by atoms with Crippen molar-refractivity contribution in [2.75, 3.05) is 6.54 Å². The van der Waals surface area contributed by atoms with Gasteiger partial charge in [0, 0.05) is 12.1 Å². The standard InChI is InChI=1S/C18H25N3O6S/c1-6-11-19-28(25,26)14-9-7-13(8-10-14)16(23)27-12(2)15(22)20-17(24)21-18(3,4)5/h6-10,12,19H,1,11H2,2-5H3,(H2,20,21,22,24)/t12-/m1/s1. The molecule has 0 aromatic heterocycles. The van der Waals surface area contributed by atoms with E-state index in [9.17, 15) is 22.8 Å². The van der Waals surface area contributed by atoms with Gasteiger partial charge in [-0.3, -0.25) is 10.1 Å². The van der Waals surface area contributed by atoms with Gasteiger partial charge < -0.3 is 10.1 Å². The molecular weight excluding hydrogens is 386 g/mol. The number of imide groups is 1. The lowest BCUT2D eigenvalue weighted by Gasteiger charge is -2.21. The molecule has 0 spiro atoms. The molecule has 0 radical (unpaired) electrons. The number of rotatable bonds is 7. The van der Waals surface area contributed by atoms with Crippen molar-refractivity contribution >= 4 is 27.9 Å². The smallest absolute Gasteiger partial charge is 0.338 e. The summed E-state index contributed by atoms with van der Waals surface area (Å²) in [6.45, 7) is 10.1. The van der Waals surface area contributed by atoms with E-state index in [1.54, 1.807) is 20.8 Å². The van der Waals surface area contributed by atoms with Crippen LogP contribution in [0.2, 0.25) is 0 Å². The lowest BCUT2D eigenvalue weighted by Crippen LogP contribution is -2.50. The van der Waals surface area contributed by atoms with E-state index >= 15 is 0 Å². The third-order valence-corrected chi connectivity index (χ3v) is 4.64. The molecule has 10 heteroatoms. The third-order valence-electron chi connectivity index (χ3n) is 3.20. The zero-order chi connectivity index (χ0) is 21.5. The summed E-state index contributed by atoms with van der Waals surface area (Å²) in [5, 5.41) is 4.62. The lowest BCUT2D eigenvalue weighted by atomic mass is 10.1. The average Bonchev–Trinajstić information content (AvgIpc) is 2.58.